The molecule has 5 nitrogen and oxygen atoms in total. The number of aryl methyl sites for hydroxylation is 1. The van der Waals surface area contributed by atoms with E-state index in [0.29, 0.717) is 12.0 Å². The van der Waals surface area contributed by atoms with Crippen LogP contribution in [0, 0.1) is 10.1 Å². The number of nitrogens with zero attached hydrogens (tertiary/aromatic N) is 2. The molecule has 0 bridgehead atoms. The van der Waals surface area contributed by atoms with Gasteiger partial charge in [0, 0.05) is 47.5 Å². The molecule has 2 atom stereocenters. The zero-order chi connectivity index (χ0) is 17.6. The Kier molecular flexibility index (Phi) is 3.64. The van der Waals surface area contributed by atoms with Gasteiger partial charge in [0.2, 0.25) is 6.04 Å². The van der Waals surface area contributed by atoms with E-state index < -0.39 is 12.0 Å². The Morgan fingerprint density at radius 2 is 1.96 bits per heavy atom. The monoisotopic (exact) mass is 334 g/mol. The van der Waals surface area contributed by atoms with Crippen molar-refractivity contribution < 1.29 is 9.72 Å². The molecule has 0 amide bonds. The van der Waals surface area contributed by atoms with E-state index in [1.54, 1.807) is 12.1 Å². The summed E-state index contributed by atoms with van der Waals surface area (Å²) in [6.45, 7) is 0. The van der Waals surface area contributed by atoms with E-state index in [4.69, 9.17) is 0 Å². The number of hydrogen-bond donors (Lipinski definition) is 0. The number of rotatable bonds is 4. The van der Waals surface area contributed by atoms with Gasteiger partial charge in [0.25, 0.3) is 0 Å². The van der Waals surface area contributed by atoms with Gasteiger partial charge in [-0.1, -0.05) is 42.5 Å². The predicted octanol–water partition coefficient (Wildman–Crippen LogP) is 3.74. The molecule has 5 heteroatoms. The van der Waals surface area contributed by atoms with Gasteiger partial charge in [-0.2, -0.15) is 0 Å². The molecule has 0 fully saturated rings. The Balaban J connectivity index is 1.80. The number of carbonyl (C=O) groups excluding carboxylic acids is 1. The first kappa shape index (κ1) is 15.6. The molecule has 1 aliphatic carbocycles. The molecule has 4 rings (SSSR count). The number of aromatic nitrogens is 1. The van der Waals surface area contributed by atoms with Crippen molar-refractivity contribution in [2.75, 3.05) is 0 Å². The van der Waals surface area contributed by atoms with Gasteiger partial charge in [0.1, 0.15) is 0 Å². The highest BCUT2D eigenvalue weighted by atomic mass is 16.6. The summed E-state index contributed by atoms with van der Waals surface area (Å²) in [4.78, 5) is 24.2. The number of carbonyl (C=O) groups is 1. The highest BCUT2D eigenvalue weighted by Crippen LogP contribution is 2.40. The van der Waals surface area contributed by atoms with Crippen molar-refractivity contribution >= 4 is 16.7 Å². The predicted molar refractivity (Wildman–Crippen MR) is 95.5 cm³/mol. The molecule has 25 heavy (non-hydrogen) atoms. The molecule has 126 valence electrons. The van der Waals surface area contributed by atoms with Gasteiger partial charge < -0.3 is 4.57 Å². The van der Waals surface area contributed by atoms with Crippen molar-refractivity contribution in [1.82, 2.24) is 4.57 Å². The summed E-state index contributed by atoms with van der Waals surface area (Å²) in [5, 5.41) is 12.8. The maximum absolute atomic E-state index is 12.7. The third-order valence-electron chi connectivity index (χ3n) is 5.19. The Bertz CT molecular complexity index is 975. The zero-order valence-corrected chi connectivity index (χ0v) is 13.9. The molecule has 2 aromatic carbocycles. The van der Waals surface area contributed by atoms with Gasteiger partial charge in [-0.3, -0.25) is 14.9 Å². The van der Waals surface area contributed by atoms with Crippen LogP contribution >= 0.6 is 0 Å². The fourth-order valence-corrected chi connectivity index (χ4v) is 4.02. The van der Waals surface area contributed by atoms with Crippen molar-refractivity contribution in [2.45, 2.75) is 24.8 Å². The van der Waals surface area contributed by atoms with Gasteiger partial charge in [0.15, 0.2) is 5.78 Å². The highest BCUT2D eigenvalue weighted by molar-refractivity contribution is 5.97. The minimum absolute atomic E-state index is 0.0474. The average molecular weight is 334 g/mol. The lowest BCUT2D eigenvalue weighted by atomic mass is 9.77. The summed E-state index contributed by atoms with van der Waals surface area (Å²) in [5.41, 5.74) is 3.59. The van der Waals surface area contributed by atoms with Crippen molar-refractivity contribution in [1.29, 1.82) is 0 Å². The Hall–Kier alpha value is -2.95. The molecule has 0 N–H and O–H groups in total. The fourth-order valence-electron chi connectivity index (χ4n) is 4.02. The summed E-state index contributed by atoms with van der Waals surface area (Å²) in [6.07, 6.45) is 2.50. The van der Waals surface area contributed by atoms with E-state index in [-0.39, 0.29) is 17.1 Å². The van der Waals surface area contributed by atoms with Crippen LogP contribution in [0.2, 0.25) is 0 Å². The van der Waals surface area contributed by atoms with Crippen molar-refractivity contribution in [3.05, 3.63) is 81.5 Å². The van der Waals surface area contributed by atoms with Gasteiger partial charge in [-0.25, -0.2) is 0 Å². The van der Waals surface area contributed by atoms with Gasteiger partial charge in [0.05, 0.1) is 5.92 Å². The molecule has 0 aliphatic heterocycles. The fraction of sp³-hybridized carbons (Fsp3) is 0.250. The molecule has 1 aliphatic rings. The molecule has 0 saturated heterocycles. The van der Waals surface area contributed by atoms with Crippen LogP contribution in [0.25, 0.3) is 10.9 Å². The lowest BCUT2D eigenvalue weighted by molar-refractivity contribution is -0.526. The standard InChI is InChI=1S/C20H18N2O3/c1-21-12-14-10-18(22(24)25)16(15-8-5-9-17(21)20(14)15)11-19(23)13-6-3-2-4-7-13/h2-9,12,16,18H,10-11H2,1H3/t16-,18-/m1/s1. The Labute approximate surface area is 145 Å². The lowest BCUT2D eigenvalue weighted by Crippen LogP contribution is -2.34. The lowest BCUT2D eigenvalue weighted by Gasteiger charge is -2.26. The molecular weight excluding hydrogens is 316 g/mol. The molecule has 0 radical (unpaired) electrons. The molecule has 0 unspecified atom stereocenters. The first-order valence-electron chi connectivity index (χ1n) is 8.35. The Morgan fingerprint density at radius 3 is 2.68 bits per heavy atom. The third-order valence-corrected chi connectivity index (χ3v) is 5.19. The second-order valence-corrected chi connectivity index (χ2v) is 6.66. The molecule has 1 heterocycles. The Morgan fingerprint density at radius 1 is 1.20 bits per heavy atom. The largest absolute Gasteiger partial charge is 0.350 e. The summed E-state index contributed by atoms with van der Waals surface area (Å²) in [5.74, 6) is -0.449. The van der Waals surface area contributed by atoms with Crippen LogP contribution in [-0.4, -0.2) is 21.3 Å². The average Bonchev–Trinajstić information content (AvgIpc) is 2.95. The first-order valence-corrected chi connectivity index (χ1v) is 8.35. The van der Waals surface area contributed by atoms with E-state index in [1.807, 2.05) is 54.2 Å². The molecule has 0 spiro atoms. The van der Waals surface area contributed by atoms with Crippen molar-refractivity contribution in [2.24, 2.45) is 7.05 Å². The van der Waals surface area contributed by atoms with E-state index in [1.165, 1.54) is 0 Å². The quantitative estimate of drug-likeness (QED) is 0.415. The minimum Gasteiger partial charge on any atom is -0.350 e. The first-order chi connectivity index (χ1) is 12.1. The van der Waals surface area contributed by atoms with E-state index >= 15 is 0 Å². The summed E-state index contributed by atoms with van der Waals surface area (Å²) in [7, 11) is 1.95. The molecule has 3 aromatic rings. The van der Waals surface area contributed by atoms with Crippen LogP contribution in [0.15, 0.2) is 54.7 Å². The topological polar surface area (TPSA) is 65.1 Å². The van der Waals surface area contributed by atoms with E-state index in [2.05, 4.69) is 0 Å². The maximum atomic E-state index is 12.7. The van der Waals surface area contributed by atoms with Crippen LogP contribution in [0.1, 0.15) is 33.8 Å². The number of hydrogen-bond acceptors (Lipinski definition) is 3. The number of ketones is 1. The van der Waals surface area contributed by atoms with Gasteiger partial charge in [-0.15, -0.1) is 0 Å². The molecule has 1 aromatic heterocycles. The van der Waals surface area contributed by atoms with E-state index in [0.717, 1.165) is 22.0 Å². The van der Waals surface area contributed by atoms with Crippen LogP contribution in [0.3, 0.4) is 0 Å². The van der Waals surface area contributed by atoms with Crippen LogP contribution in [-0.2, 0) is 13.5 Å². The number of benzene rings is 2. The highest BCUT2D eigenvalue weighted by Gasteiger charge is 2.40. The maximum Gasteiger partial charge on any atom is 0.224 e. The molecule has 0 saturated carbocycles. The summed E-state index contributed by atoms with van der Waals surface area (Å²) < 4.78 is 2.01. The number of Topliss-reactive ketones (excluding diaryl/α,β-unsaturated/α-hetero) is 1. The zero-order valence-electron chi connectivity index (χ0n) is 13.9. The smallest absolute Gasteiger partial charge is 0.224 e. The number of nitro groups is 1. The van der Waals surface area contributed by atoms with Crippen LogP contribution < -0.4 is 0 Å². The van der Waals surface area contributed by atoms with Gasteiger partial charge in [-0.05, 0) is 17.2 Å². The van der Waals surface area contributed by atoms with Crippen LogP contribution in [0.4, 0.5) is 0 Å². The van der Waals surface area contributed by atoms with Gasteiger partial charge >= 0.3 is 0 Å². The minimum atomic E-state index is -0.770. The summed E-state index contributed by atoms with van der Waals surface area (Å²) >= 11 is 0. The van der Waals surface area contributed by atoms with Crippen LogP contribution in [0.5, 0.6) is 0 Å². The third kappa shape index (κ3) is 2.52. The second-order valence-electron chi connectivity index (χ2n) is 6.66. The second kappa shape index (κ2) is 5.84. The normalized spacial score (nSPS) is 19.1. The SMILES string of the molecule is Cn1cc2c3c(cccc31)[C@@H](CC(=O)c1ccccc1)[C@H]([N+](=O)[O-])C2. The molecular formula is C20H18N2O3. The van der Waals surface area contributed by atoms with Crippen molar-refractivity contribution in [3.63, 3.8) is 0 Å². The van der Waals surface area contributed by atoms with E-state index in [9.17, 15) is 14.9 Å². The van der Waals surface area contributed by atoms with Crippen molar-refractivity contribution in [3.8, 4) is 0 Å². The summed E-state index contributed by atoms with van der Waals surface area (Å²) in [6, 6.07) is 14.1.